The first-order chi connectivity index (χ1) is 20.0. The van der Waals surface area contributed by atoms with Gasteiger partial charge in [-0.05, 0) is 54.7 Å². The number of nitrogens with one attached hydrogen (secondary N) is 1. The zero-order valence-corrected chi connectivity index (χ0v) is 28.4. The van der Waals surface area contributed by atoms with Crippen LogP contribution in [0.5, 0.6) is 5.75 Å². The summed E-state index contributed by atoms with van der Waals surface area (Å²) in [5.74, 6) is -2.72. The number of aryl methyl sites for hydroxylation is 1. The van der Waals surface area contributed by atoms with E-state index in [0.717, 1.165) is 18.8 Å². The molecule has 2 fully saturated rings. The number of rotatable bonds is 4. The van der Waals surface area contributed by atoms with Crippen molar-refractivity contribution in [2.75, 3.05) is 18.1 Å². The number of thioether (sulfide) groups is 1. The van der Waals surface area contributed by atoms with Crippen molar-refractivity contribution < 1.29 is 47.9 Å². The quantitative estimate of drug-likeness (QED) is 0.255. The highest BCUT2D eigenvalue weighted by molar-refractivity contribution is 8.06. The minimum absolute atomic E-state index is 0.167. The zero-order chi connectivity index (χ0) is 34.1. The standard InChI is InChI=1S/C15H18O.C4H8S.C3HF6NO4S2.3C2H6/c1-3-4-11-16-15-10-9-12(2)13-7-5-6-8-14(13)15;1-2-4-5-3-1;4-1(5)2(6,7)15(11,12)10-16(13,14)3(1,8)9;3*1-2/h5-10H,3-4,11H2,1-2H3;1-4H2;10H;3*1-2H3. The number of ether oxygens (including phenoxy) is 1. The number of alkyl halides is 6. The Morgan fingerprint density at radius 2 is 1.21 bits per heavy atom. The van der Waals surface area contributed by atoms with Gasteiger partial charge in [0.25, 0.3) is 20.0 Å². The number of unbranched alkanes of at least 4 members (excludes halogenated alkanes) is 1. The van der Waals surface area contributed by atoms with E-state index in [-0.39, 0.29) is 4.13 Å². The number of sulfonamides is 2. The van der Waals surface area contributed by atoms with Gasteiger partial charge in [-0.15, -0.1) is 0 Å². The number of benzene rings is 2. The molecule has 2 aliphatic heterocycles. The Morgan fingerprint density at radius 3 is 1.60 bits per heavy atom. The second-order valence-corrected chi connectivity index (χ2v) is 13.1. The van der Waals surface area contributed by atoms with Crippen LogP contribution in [-0.4, -0.2) is 51.4 Å². The molecule has 0 saturated carbocycles. The molecule has 0 aliphatic carbocycles. The molecule has 0 radical (unpaired) electrons. The van der Waals surface area contributed by atoms with Gasteiger partial charge in [0, 0.05) is 5.39 Å². The lowest BCUT2D eigenvalue weighted by Gasteiger charge is -2.35. The maximum absolute atomic E-state index is 12.5. The van der Waals surface area contributed by atoms with E-state index in [2.05, 4.69) is 62.0 Å². The van der Waals surface area contributed by atoms with E-state index < -0.39 is 36.5 Å². The molecule has 2 heterocycles. The SMILES string of the molecule is C1CCSC1.CC.CC.CC.CCCCOc1ccc(C)c2ccccc12.O=S1(=O)NS(=O)(=O)C(F)(F)C(F)(F)C1(F)F. The smallest absolute Gasteiger partial charge is 0.429 e. The van der Waals surface area contributed by atoms with Crippen LogP contribution in [0.4, 0.5) is 26.3 Å². The molecule has 15 heteroatoms. The summed E-state index contributed by atoms with van der Waals surface area (Å²) in [7, 11) is -12.9. The first-order valence-electron chi connectivity index (χ1n) is 14.1. The van der Waals surface area contributed by atoms with Crippen LogP contribution in [0, 0.1) is 6.92 Å². The largest absolute Gasteiger partial charge is 0.493 e. The van der Waals surface area contributed by atoms with Crippen molar-refractivity contribution >= 4 is 42.6 Å². The van der Waals surface area contributed by atoms with Crippen molar-refractivity contribution in [1.29, 1.82) is 0 Å². The normalized spacial score (nSPS) is 19.5. The van der Waals surface area contributed by atoms with Crippen LogP contribution in [0.1, 0.15) is 79.7 Å². The molecule has 0 amide bonds. The molecule has 1 N–H and O–H groups in total. The first kappa shape index (κ1) is 43.4. The predicted molar refractivity (Wildman–Crippen MR) is 166 cm³/mol. The molecule has 43 heavy (non-hydrogen) atoms. The van der Waals surface area contributed by atoms with Gasteiger partial charge < -0.3 is 4.74 Å². The third kappa shape index (κ3) is 10.7. The van der Waals surface area contributed by atoms with Gasteiger partial charge in [0.05, 0.1) is 6.61 Å². The molecule has 0 atom stereocenters. The highest BCUT2D eigenvalue weighted by Gasteiger charge is 2.86. The topological polar surface area (TPSA) is 89.5 Å². The summed E-state index contributed by atoms with van der Waals surface area (Å²) in [5, 5.41) is -9.97. The van der Waals surface area contributed by atoms with E-state index in [0.29, 0.717) is 0 Å². The molecule has 0 bridgehead atoms. The average Bonchev–Trinajstić information content (AvgIpc) is 3.57. The number of fused-ring (bicyclic) bond motifs is 1. The van der Waals surface area contributed by atoms with Crippen molar-refractivity contribution in [3.8, 4) is 5.75 Å². The first-order valence-corrected chi connectivity index (χ1v) is 18.3. The Balaban J connectivity index is 0. The second kappa shape index (κ2) is 19.6. The van der Waals surface area contributed by atoms with Crippen molar-refractivity contribution in [2.45, 2.75) is 97.5 Å². The minimum Gasteiger partial charge on any atom is -0.493 e. The highest BCUT2D eigenvalue weighted by Crippen LogP contribution is 2.53. The molecule has 0 aromatic heterocycles. The summed E-state index contributed by atoms with van der Waals surface area (Å²) in [5.41, 5.74) is 1.30. The molecular formula is C28H45F6NO5S3. The van der Waals surface area contributed by atoms with Crippen LogP contribution in [-0.2, 0) is 20.0 Å². The maximum atomic E-state index is 12.5. The summed E-state index contributed by atoms with van der Waals surface area (Å²) >= 11 is 2.07. The Kier molecular flexibility index (Phi) is 19.8. The van der Waals surface area contributed by atoms with Crippen LogP contribution in [0.2, 0.25) is 0 Å². The van der Waals surface area contributed by atoms with Crippen molar-refractivity contribution in [2.24, 2.45) is 0 Å². The lowest BCUT2D eigenvalue weighted by atomic mass is 10.0. The van der Waals surface area contributed by atoms with Gasteiger partial charge in [0.1, 0.15) is 5.75 Å². The fourth-order valence-electron chi connectivity index (χ4n) is 3.14. The molecule has 4 rings (SSSR count). The Hall–Kier alpha value is -1.71. The van der Waals surface area contributed by atoms with Gasteiger partial charge in [0.15, 0.2) is 0 Å². The van der Waals surface area contributed by atoms with Crippen LogP contribution in [0.3, 0.4) is 0 Å². The van der Waals surface area contributed by atoms with E-state index in [1.807, 2.05) is 41.5 Å². The van der Waals surface area contributed by atoms with Gasteiger partial charge in [0.2, 0.25) is 0 Å². The summed E-state index contributed by atoms with van der Waals surface area (Å²) in [4.78, 5) is 0. The predicted octanol–water partition coefficient (Wildman–Crippen LogP) is 8.99. The van der Waals surface area contributed by atoms with E-state index in [4.69, 9.17) is 4.74 Å². The van der Waals surface area contributed by atoms with Crippen LogP contribution >= 0.6 is 11.8 Å². The second-order valence-electron chi connectivity index (χ2n) is 8.15. The Bertz CT molecular complexity index is 1230. The minimum atomic E-state index is -6.57. The summed E-state index contributed by atoms with van der Waals surface area (Å²) in [6.45, 7) is 17.1. The lowest BCUT2D eigenvalue weighted by molar-refractivity contribution is -0.246. The Labute approximate surface area is 257 Å². The van der Waals surface area contributed by atoms with Gasteiger partial charge in [-0.2, -0.15) is 38.1 Å². The molecule has 2 saturated heterocycles. The third-order valence-electron chi connectivity index (χ3n) is 5.31. The zero-order valence-electron chi connectivity index (χ0n) is 25.9. The molecule has 0 unspecified atom stereocenters. The summed E-state index contributed by atoms with van der Waals surface area (Å²) < 4.78 is 122. The molecule has 2 aromatic rings. The molecular weight excluding hydrogens is 640 g/mol. The molecule has 0 spiro atoms. The Morgan fingerprint density at radius 1 is 0.767 bits per heavy atom. The number of hydrogen-bond acceptors (Lipinski definition) is 6. The fourth-order valence-corrected chi connectivity index (χ4v) is 7.15. The monoisotopic (exact) mass is 685 g/mol. The van der Waals surface area contributed by atoms with Crippen molar-refractivity contribution in [3.63, 3.8) is 0 Å². The number of hydrogen-bond donors (Lipinski definition) is 1. The highest BCUT2D eigenvalue weighted by atomic mass is 32.3. The summed E-state index contributed by atoms with van der Waals surface area (Å²) in [6, 6.07) is 12.6. The van der Waals surface area contributed by atoms with Crippen LogP contribution in [0.25, 0.3) is 10.8 Å². The van der Waals surface area contributed by atoms with Gasteiger partial charge in [-0.3, -0.25) is 0 Å². The molecule has 2 aromatic carbocycles. The van der Waals surface area contributed by atoms with Gasteiger partial charge in [-0.25, -0.2) is 16.8 Å². The molecule has 252 valence electrons. The molecule has 6 nitrogen and oxygen atoms in total. The van der Waals surface area contributed by atoms with Crippen molar-refractivity contribution in [1.82, 2.24) is 4.13 Å². The third-order valence-corrected chi connectivity index (χ3v) is 10.1. The van der Waals surface area contributed by atoms with Crippen LogP contribution < -0.4 is 8.86 Å². The van der Waals surface area contributed by atoms with Gasteiger partial charge >= 0.3 is 16.4 Å². The van der Waals surface area contributed by atoms with E-state index in [1.54, 1.807) is 0 Å². The van der Waals surface area contributed by atoms with E-state index in [1.165, 1.54) is 47.1 Å². The number of halogens is 6. The van der Waals surface area contributed by atoms with Crippen molar-refractivity contribution in [3.05, 3.63) is 42.0 Å². The maximum Gasteiger partial charge on any atom is 0.429 e. The van der Waals surface area contributed by atoms with Gasteiger partial charge in [-0.1, -0.05) is 89.3 Å². The van der Waals surface area contributed by atoms with E-state index >= 15 is 0 Å². The van der Waals surface area contributed by atoms with Crippen LogP contribution in [0.15, 0.2) is 36.4 Å². The van der Waals surface area contributed by atoms with E-state index in [9.17, 15) is 43.2 Å². The summed E-state index contributed by atoms with van der Waals surface area (Å²) in [6.07, 6.45) is 5.21. The lowest BCUT2D eigenvalue weighted by Crippen LogP contribution is -2.70. The average molecular weight is 686 g/mol. The molecule has 2 aliphatic rings. The fraction of sp³-hybridized carbons (Fsp3) is 0.643.